The van der Waals surface area contributed by atoms with E-state index in [0.29, 0.717) is 23.9 Å². The van der Waals surface area contributed by atoms with Gasteiger partial charge in [-0.3, -0.25) is 18.6 Å². The minimum absolute atomic E-state index is 0.0353. The van der Waals surface area contributed by atoms with E-state index in [2.05, 4.69) is 62.5 Å². The Bertz CT molecular complexity index is 1620. The Labute approximate surface area is 547 Å². The van der Waals surface area contributed by atoms with E-state index in [4.69, 9.17) is 18.5 Å². The number of esters is 2. The summed E-state index contributed by atoms with van der Waals surface area (Å²) in [4.78, 5) is 35.9. The van der Waals surface area contributed by atoms with Crippen LogP contribution < -0.4 is 0 Å². The van der Waals surface area contributed by atoms with Crippen LogP contribution in [0.25, 0.3) is 0 Å². The van der Waals surface area contributed by atoms with Gasteiger partial charge in [0.2, 0.25) is 0 Å². The average Bonchev–Trinajstić information content (AvgIpc) is 3.68. The molecule has 0 aliphatic rings. The molecule has 0 fully saturated rings. The third-order valence-electron chi connectivity index (χ3n) is 17.4. The van der Waals surface area contributed by atoms with Crippen molar-refractivity contribution in [2.24, 2.45) is 0 Å². The number of carbonyl (C=O) groups excluding carboxylic acids is 2. The van der Waals surface area contributed by atoms with Gasteiger partial charge in [-0.05, 0) is 51.4 Å². The molecule has 9 nitrogen and oxygen atoms in total. The third kappa shape index (κ3) is 73.0. The first-order valence-electron chi connectivity index (χ1n) is 38.4. The topological polar surface area (TPSA) is 108 Å². The number of hydrogen-bond donors (Lipinski definition) is 1. The van der Waals surface area contributed by atoms with E-state index in [0.717, 1.165) is 57.8 Å². The molecule has 0 aliphatic heterocycles. The summed E-state index contributed by atoms with van der Waals surface area (Å²) in [6, 6.07) is 0. The van der Waals surface area contributed by atoms with Crippen LogP contribution in [0.3, 0.4) is 0 Å². The number of rotatable bonds is 72. The van der Waals surface area contributed by atoms with Crippen molar-refractivity contribution in [1.82, 2.24) is 0 Å². The lowest BCUT2D eigenvalue weighted by molar-refractivity contribution is -0.870. The Morgan fingerprint density at radius 1 is 0.364 bits per heavy atom. The molecule has 518 valence electrons. The first-order chi connectivity index (χ1) is 43.0. The lowest BCUT2D eigenvalue weighted by atomic mass is 10.0. The van der Waals surface area contributed by atoms with E-state index in [-0.39, 0.29) is 25.6 Å². The van der Waals surface area contributed by atoms with Gasteiger partial charge in [0, 0.05) is 12.8 Å². The SMILES string of the molecule is CC/C=C\C/C=C\C/C=C\C/C=C\CCCCCCCCCCCCCCCCCCCCCCCCCCC(=O)OC(COC(=O)CCCCCCCCCCCCCCCCCCCCCCCCCCCCC)COP(=O)(O)OCC[N+](C)(C)C. The van der Waals surface area contributed by atoms with Gasteiger partial charge in [-0.1, -0.05) is 371 Å². The normalized spacial score (nSPS) is 13.3. The second-order valence-corrected chi connectivity index (χ2v) is 28.8. The highest BCUT2D eigenvalue weighted by atomic mass is 31.2. The first-order valence-corrected chi connectivity index (χ1v) is 39.9. The fourth-order valence-corrected chi connectivity index (χ4v) is 12.3. The number of allylic oxidation sites excluding steroid dienone is 8. The summed E-state index contributed by atoms with van der Waals surface area (Å²) in [5, 5.41) is 0. The van der Waals surface area contributed by atoms with Crippen LogP contribution in [0.15, 0.2) is 48.6 Å². The van der Waals surface area contributed by atoms with E-state index < -0.39 is 26.5 Å². The van der Waals surface area contributed by atoms with Gasteiger partial charge in [0.1, 0.15) is 19.8 Å². The van der Waals surface area contributed by atoms with E-state index in [1.165, 1.54) is 295 Å². The van der Waals surface area contributed by atoms with E-state index in [1.807, 2.05) is 21.1 Å². The van der Waals surface area contributed by atoms with Crippen LogP contribution in [-0.4, -0.2) is 74.9 Å². The largest absolute Gasteiger partial charge is 0.472 e. The van der Waals surface area contributed by atoms with Crippen LogP contribution in [-0.2, 0) is 32.7 Å². The Balaban J connectivity index is 3.92. The van der Waals surface area contributed by atoms with Gasteiger partial charge < -0.3 is 18.9 Å². The fourth-order valence-electron chi connectivity index (χ4n) is 11.5. The number of phosphoric acid groups is 1. The standard InChI is InChI=1S/C78H148NO8P/c1-6-8-10-12-14-16-18-20-22-24-26-28-30-32-34-35-36-37-38-39-40-41-42-43-45-47-49-51-53-55-57-59-61-63-65-67-69-71-78(81)87-76(75-86-88(82,83)85-73-72-79(3,4)5)74-84-77(80)70-68-66-64-62-60-58-56-54-52-50-48-46-44-33-31-29-27-25-23-21-19-17-15-13-11-9-7-2/h8,10,14,16,20,22,26,28,76H,6-7,9,11-13,15,17-19,21,23-25,27,29-75H2,1-5H3/p+1/b10-8-,16-14-,22-20-,28-26-. The fraction of sp³-hybridized carbons (Fsp3) is 0.872. The van der Waals surface area contributed by atoms with Crippen molar-refractivity contribution in [1.29, 1.82) is 0 Å². The molecule has 2 unspecified atom stereocenters. The highest BCUT2D eigenvalue weighted by Gasteiger charge is 2.27. The summed E-state index contributed by atoms with van der Waals surface area (Å²) in [5.41, 5.74) is 0. The molecule has 0 rings (SSSR count). The highest BCUT2D eigenvalue weighted by molar-refractivity contribution is 7.47. The number of hydrogen-bond acceptors (Lipinski definition) is 7. The summed E-state index contributed by atoms with van der Waals surface area (Å²) >= 11 is 0. The Hall–Kier alpha value is -2.03. The first kappa shape index (κ1) is 86.0. The number of likely N-dealkylation sites (N-methyl/N-ethyl adjacent to an activating group) is 1. The molecule has 0 aromatic heterocycles. The van der Waals surface area contributed by atoms with Crippen molar-refractivity contribution < 1.29 is 42.1 Å². The van der Waals surface area contributed by atoms with Crippen molar-refractivity contribution >= 4 is 19.8 Å². The van der Waals surface area contributed by atoms with Gasteiger partial charge >= 0.3 is 19.8 Å². The molecule has 88 heavy (non-hydrogen) atoms. The summed E-state index contributed by atoms with van der Waals surface area (Å²) < 4.78 is 34.8. The van der Waals surface area contributed by atoms with Gasteiger partial charge in [-0.2, -0.15) is 0 Å². The molecule has 0 amide bonds. The van der Waals surface area contributed by atoms with Gasteiger partial charge in [-0.15, -0.1) is 0 Å². The molecule has 0 spiro atoms. The maximum absolute atomic E-state index is 12.9. The maximum Gasteiger partial charge on any atom is 0.472 e. The number of ether oxygens (including phenoxy) is 2. The lowest BCUT2D eigenvalue weighted by Gasteiger charge is -2.24. The van der Waals surface area contributed by atoms with Crippen LogP contribution in [0, 0.1) is 0 Å². The molecule has 0 aromatic carbocycles. The van der Waals surface area contributed by atoms with Crippen molar-refractivity contribution in [3.63, 3.8) is 0 Å². The molecule has 0 aromatic rings. The molecule has 0 saturated heterocycles. The van der Waals surface area contributed by atoms with Crippen LogP contribution >= 0.6 is 7.82 Å². The van der Waals surface area contributed by atoms with Crippen molar-refractivity contribution in [3.05, 3.63) is 48.6 Å². The smallest absolute Gasteiger partial charge is 0.462 e. The Morgan fingerprint density at radius 2 is 0.648 bits per heavy atom. The highest BCUT2D eigenvalue weighted by Crippen LogP contribution is 2.43. The quantitative estimate of drug-likeness (QED) is 0.0211. The van der Waals surface area contributed by atoms with Crippen LogP contribution in [0.1, 0.15) is 386 Å². The zero-order valence-electron chi connectivity index (χ0n) is 59.2. The van der Waals surface area contributed by atoms with Gasteiger partial charge in [0.25, 0.3) is 0 Å². The predicted molar refractivity (Wildman–Crippen MR) is 381 cm³/mol. The predicted octanol–water partition coefficient (Wildman–Crippen LogP) is 25.2. The monoisotopic (exact) mass is 1260 g/mol. The van der Waals surface area contributed by atoms with Crippen LogP contribution in [0.2, 0.25) is 0 Å². The molecule has 0 bridgehead atoms. The minimum Gasteiger partial charge on any atom is -0.462 e. The van der Waals surface area contributed by atoms with E-state index in [9.17, 15) is 19.0 Å². The van der Waals surface area contributed by atoms with Crippen LogP contribution in [0.4, 0.5) is 0 Å². The van der Waals surface area contributed by atoms with Gasteiger partial charge in [0.15, 0.2) is 6.10 Å². The minimum atomic E-state index is -4.39. The number of nitrogens with zero attached hydrogens (tertiary/aromatic N) is 1. The van der Waals surface area contributed by atoms with Crippen LogP contribution in [0.5, 0.6) is 0 Å². The molecular weight excluding hydrogens is 1110 g/mol. The Kier molecular flexibility index (Phi) is 67.7. The molecular formula is C78H149NO8P+. The van der Waals surface area contributed by atoms with E-state index in [1.54, 1.807) is 0 Å². The lowest BCUT2D eigenvalue weighted by Crippen LogP contribution is -2.37. The zero-order chi connectivity index (χ0) is 64.1. The summed E-state index contributed by atoms with van der Waals surface area (Å²) in [5.74, 6) is -0.771. The summed E-state index contributed by atoms with van der Waals surface area (Å²) in [7, 11) is 1.50. The average molecular weight is 1260 g/mol. The maximum atomic E-state index is 12.9. The molecule has 0 aliphatic carbocycles. The summed E-state index contributed by atoms with van der Waals surface area (Å²) in [6.45, 7) is 4.40. The Morgan fingerprint density at radius 3 is 0.966 bits per heavy atom. The molecule has 0 saturated carbocycles. The number of carbonyl (C=O) groups is 2. The number of phosphoric ester groups is 1. The summed E-state index contributed by atoms with van der Waals surface area (Å²) in [6.07, 6.45) is 91.1. The molecule has 0 radical (unpaired) electrons. The molecule has 0 heterocycles. The molecule has 2 atom stereocenters. The molecule has 1 N–H and O–H groups in total. The zero-order valence-corrected chi connectivity index (χ0v) is 60.1. The second-order valence-electron chi connectivity index (χ2n) is 27.4. The van der Waals surface area contributed by atoms with Crippen molar-refractivity contribution in [2.45, 2.75) is 392 Å². The van der Waals surface area contributed by atoms with Crippen molar-refractivity contribution in [3.8, 4) is 0 Å². The van der Waals surface area contributed by atoms with Gasteiger partial charge in [-0.25, -0.2) is 4.57 Å². The van der Waals surface area contributed by atoms with Crippen molar-refractivity contribution in [2.75, 3.05) is 47.5 Å². The third-order valence-corrected chi connectivity index (χ3v) is 18.4. The number of quaternary nitrogens is 1. The molecule has 10 heteroatoms. The second kappa shape index (κ2) is 69.3. The van der Waals surface area contributed by atoms with Gasteiger partial charge in [0.05, 0.1) is 27.7 Å². The number of unbranched alkanes of at least 4 members (excludes halogenated alkanes) is 50. The van der Waals surface area contributed by atoms with E-state index >= 15 is 0 Å².